The topological polar surface area (TPSA) is 45.9 Å². The van der Waals surface area contributed by atoms with Gasteiger partial charge < -0.3 is 4.74 Å². The summed E-state index contributed by atoms with van der Waals surface area (Å²) in [6.45, 7) is 3.94. The lowest BCUT2D eigenvalue weighted by molar-refractivity contribution is 0.228. The zero-order valence-electron chi connectivity index (χ0n) is 9.73. The molecule has 0 bridgehead atoms. The average molecular weight is 216 g/mol. The van der Waals surface area contributed by atoms with Crippen LogP contribution in [0, 0.1) is 11.3 Å². The second-order valence-corrected chi connectivity index (χ2v) is 4.58. The lowest BCUT2D eigenvalue weighted by Crippen LogP contribution is -2.33. The van der Waals surface area contributed by atoms with Gasteiger partial charge in [-0.1, -0.05) is 6.07 Å². The van der Waals surface area contributed by atoms with Crippen molar-refractivity contribution in [1.82, 2.24) is 4.98 Å². The maximum absolute atomic E-state index is 9.23. The normalized spacial score (nSPS) is 17.6. The Morgan fingerprint density at radius 1 is 1.44 bits per heavy atom. The summed E-state index contributed by atoms with van der Waals surface area (Å²) in [5.41, 5.74) is 0.510. The van der Waals surface area contributed by atoms with Crippen LogP contribution in [0.25, 0.3) is 0 Å². The van der Waals surface area contributed by atoms with Gasteiger partial charge in [0.2, 0.25) is 5.88 Å². The van der Waals surface area contributed by atoms with Crippen molar-refractivity contribution in [2.45, 2.75) is 44.6 Å². The van der Waals surface area contributed by atoms with E-state index in [1.165, 1.54) is 0 Å². The standard InChI is InChI=1S/C13H16N2O/c1-10(2)16-12-6-3-5-11(15-12)13(9-14)7-4-8-13/h3,5-6,10H,4,7-8H2,1-2H3. The molecule has 1 fully saturated rings. The fourth-order valence-corrected chi connectivity index (χ4v) is 1.94. The number of hydrogen-bond acceptors (Lipinski definition) is 3. The number of hydrogen-bond donors (Lipinski definition) is 0. The molecule has 0 atom stereocenters. The summed E-state index contributed by atoms with van der Waals surface area (Å²) in [7, 11) is 0. The molecule has 0 saturated heterocycles. The second kappa shape index (κ2) is 4.13. The molecular weight excluding hydrogens is 200 g/mol. The molecule has 2 rings (SSSR count). The highest BCUT2D eigenvalue weighted by molar-refractivity contribution is 5.32. The van der Waals surface area contributed by atoms with E-state index in [1.54, 1.807) is 0 Å². The van der Waals surface area contributed by atoms with Crippen molar-refractivity contribution < 1.29 is 4.74 Å². The smallest absolute Gasteiger partial charge is 0.213 e. The second-order valence-electron chi connectivity index (χ2n) is 4.58. The van der Waals surface area contributed by atoms with Gasteiger partial charge in [-0.15, -0.1) is 0 Å². The molecule has 0 amide bonds. The van der Waals surface area contributed by atoms with Gasteiger partial charge in [0, 0.05) is 6.07 Å². The molecule has 0 spiro atoms. The molecule has 16 heavy (non-hydrogen) atoms. The Hall–Kier alpha value is -1.56. The molecule has 0 unspecified atom stereocenters. The number of rotatable bonds is 3. The van der Waals surface area contributed by atoms with Gasteiger partial charge in [0.15, 0.2) is 0 Å². The first-order chi connectivity index (χ1) is 7.66. The summed E-state index contributed by atoms with van der Waals surface area (Å²) in [4.78, 5) is 4.43. The van der Waals surface area contributed by atoms with Crippen LogP contribution in [0.15, 0.2) is 18.2 Å². The van der Waals surface area contributed by atoms with Crippen LogP contribution in [0.2, 0.25) is 0 Å². The number of aromatic nitrogens is 1. The van der Waals surface area contributed by atoms with E-state index in [1.807, 2.05) is 32.0 Å². The Morgan fingerprint density at radius 3 is 2.69 bits per heavy atom. The Morgan fingerprint density at radius 2 is 2.19 bits per heavy atom. The van der Waals surface area contributed by atoms with Crippen LogP contribution < -0.4 is 4.74 Å². The molecule has 1 saturated carbocycles. The van der Waals surface area contributed by atoms with Gasteiger partial charge in [-0.2, -0.15) is 5.26 Å². The van der Waals surface area contributed by atoms with Crippen molar-refractivity contribution in [2.24, 2.45) is 0 Å². The third kappa shape index (κ3) is 1.88. The predicted octanol–water partition coefficient (Wildman–Crippen LogP) is 2.81. The molecule has 84 valence electrons. The van der Waals surface area contributed by atoms with Crippen LogP contribution in [0.4, 0.5) is 0 Å². The minimum Gasteiger partial charge on any atom is -0.475 e. The summed E-state index contributed by atoms with van der Waals surface area (Å²) < 4.78 is 5.54. The van der Waals surface area contributed by atoms with Gasteiger partial charge >= 0.3 is 0 Å². The van der Waals surface area contributed by atoms with Crippen molar-refractivity contribution >= 4 is 0 Å². The van der Waals surface area contributed by atoms with E-state index in [4.69, 9.17) is 4.74 Å². The van der Waals surface area contributed by atoms with Gasteiger partial charge in [-0.3, -0.25) is 0 Å². The Kier molecular flexibility index (Phi) is 2.82. The minimum absolute atomic E-state index is 0.113. The van der Waals surface area contributed by atoms with Gasteiger partial charge in [-0.05, 0) is 39.2 Å². The first kappa shape index (κ1) is 10.9. The highest BCUT2D eigenvalue weighted by atomic mass is 16.5. The molecule has 3 heteroatoms. The summed E-state index contributed by atoms with van der Waals surface area (Å²) in [6, 6.07) is 8.07. The van der Waals surface area contributed by atoms with E-state index in [0.29, 0.717) is 5.88 Å². The Balaban J connectivity index is 2.26. The Labute approximate surface area is 96.1 Å². The van der Waals surface area contributed by atoms with E-state index in [2.05, 4.69) is 11.1 Å². The van der Waals surface area contributed by atoms with Crippen LogP contribution in [-0.4, -0.2) is 11.1 Å². The van der Waals surface area contributed by atoms with E-state index in [9.17, 15) is 5.26 Å². The fraction of sp³-hybridized carbons (Fsp3) is 0.538. The molecular formula is C13H16N2O. The van der Waals surface area contributed by atoms with Gasteiger partial charge in [0.05, 0.1) is 23.3 Å². The van der Waals surface area contributed by atoms with E-state index in [-0.39, 0.29) is 11.5 Å². The van der Waals surface area contributed by atoms with Gasteiger partial charge in [0.1, 0.15) is 0 Å². The van der Waals surface area contributed by atoms with Crippen LogP contribution in [-0.2, 0) is 5.41 Å². The summed E-state index contributed by atoms with van der Waals surface area (Å²) in [5, 5.41) is 9.23. The molecule has 0 radical (unpaired) electrons. The molecule has 1 heterocycles. The van der Waals surface area contributed by atoms with Crippen molar-refractivity contribution in [2.75, 3.05) is 0 Å². The lowest BCUT2D eigenvalue weighted by atomic mass is 9.67. The summed E-state index contributed by atoms with van der Waals surface area (Å²) in [5.74, 6) is 0.619. The van der Waals surface area contributed by atoms with Crippen LogP contribution in [0.3, 0.4) is 0 Å². The third-order valence-electron chi connectivity index (χ3n) is 2.99. The summed E-state index contributed by atoms with van der Waals surface area (Å²) >= 11 is 0. The molecule has 1 aliphatic carbocycles. The van der Waals surface area contributed by atoms with Gasteiger partial charge in [-0.25, -0.2) is 4.98 Å². The highest BCUT2D eigenvalue weighted by Gasteiger charge is 2.40. The van der Waals surface area contributed by atoms with Gasteiger partial charge in [0.25, 0.3) is 0 Å². The minimum atomic E-state index is -0.351. The largest absolute Gasteiger partial charge is 0.475 e. The Bertz CT molecular complexity index is 416. The molecule has 0 aliphatic heterocycles. The summed E-state index contributed by atoms with van der Waals surface area (Å²) in [6.07, 6.45) is 3.07. The van der Waals surface area contributed by atoms with E-state index < -0.39 is 0 Å². The van der Waals surface area contributed by atoms with Crippen molar-refractivity contribution in [1.29, 1.82) is 5.26 Å². The van der Waals surface area contributed by atoms with Crippen LogP contribution >= 0.6 is 0 Å². The maximum atomic E-state index is 9.23. The van der Waals surface area contributed by atoms with Crippen LogP contribution in [0.1, 0.15) is 38.8 Å². The fourth-order valence-electron chi connectivity index (χ4n) is 1.94. The molecule has 0 N–H and O–H groups in total. The lowest BCUT2D eigenvalue weighted by Gasteiger charge is -2.34. The SMILES string of the molecule is CC(C)Oc1cccc(C2(C#N)CCC2)n1. The number of ether oxygens (including phenoxy) is 1. The van der Waals surface area contributed by atoms with E-state index >= 15 is 0 Å². The quantitative estimate of drug-likeness (QED) is 0.780. The number of nitrogens with zero attached hydrogens (tertiary/aromatic N) is 2. The van der Waals surface area contributed by atoms with Crippen molar-refractivity contribution in [3.05, 3.63) is 23.9 Å². The first-order valence-electron chi connectivity index (χ1n) is 5.72. The highest BCUT2D eigenvalue weighted by Crippen LogP contribution is 2.42. The zero-order chi connectivity index (χ0) is 11.6. The molecule has 0 aromatic carbocycles. The average Bonchev–Trinajstić information content (AvgIpc) is 2.16. The van der Waals surface area contributed by atoms with Crippen molar-refractivity contribution in [3.8, 4) is 11.9 Å². The monoisotopic (exact) mass is 216 g/mol. The molecule has 1 aliphatic rings. The third-order valence-corrected chi connectivity index (χ3v) is 2.99. The first-order valence-corrected chi connectivity index (χ1v) is 5.72. The molecule has 1 aromatic rings. The number of pyridine rings is 1. The van der Waals surface area contributed by atoms with E-state index in [0.717, 1.165) is 25.0 Å². The van der Waals surface area contributed by atoms with Crippen molar-refractivity contribution in [3.63, 3.8) is 0 Å². The zero-order valence-corrected chi connectivity index (χ0v) is 9.73. The molecule has 3 nitrogen and oxygen atoms in total. The predicted molar refractivity (Wildman–Crippen MR) is 61.1 cm³/mol. The molecule has 1 aromatic heterocycles. The van der Waals surface area contributed by atoms with Crippen LogP contribution in [0.5, 0.6) is 5.88 Å². The number of nitriles is 1. The maximum Gasteiger partial charge on any atom is 0.213 e.